The van der Waals surface area contributed by atoms with Crippen molar-refractivity contribution in [1.29, 1.82) is 0 Å². The molecule has 4 nitrogen and oxygen atoms in total. The third kappa shape index (κ3) is 5.25. The summed E-state index contributed by atoms with van der Waals surface area (Å²) in [4.78, 5) is 12.0. The summed E-state index contributed by atoms with van der Waals surface area (Å²) >= 11 is 1.15. The van der Waals surface area contributed by atoms with E-state index in [2.05, 4.69) is 10.0 Å². The number of aryl methyl sites for hydroxylation is 1. The number of carbonyl (C=O) groups is 1. The predicted octanol–water partition coefficient (Wildman–Crippen LogP) is 5.55. The van der Waals surface area contributed by atoms with E-state index >= 15 is 0 Å². The van der Waals surface area contributed by atoms with Crippen molar-refractivity contribution in [3.63, 3.8) is 0 Å². The first-order valence-electron chi connectivity index (χ1n) is 9.50. The molecule has 1 aliphatic heterocycles. The van der Waals surface area contributed by atoms with Crippen molar-refractivity contribution in [1.82, 2.24) is 5.32 Å². The van der Waals surface area contributed by atoms with Gasteiger partial charge in [0.1, 0.15) is 0 Å². The molecule has 0 bridgehead atoms. The molecule has 0 amide bonds. The molecule has 0 aromatic heterocycles. The Morgan fingerprint density at radius 2 is 2.07 bits per heavy atom. The first-order valence-corrected chi connectivity index (χ1v) is 10.3. The molecule has 1 saturated heterocycles. The lowest BCUT2D eigenvalue weighted by molar-refractivity contribution is -0.137. The maximum Gasteiger partial charge on any atom is 0.416 e. The lowest BCUT2D eigenvalue weighted by atomic mass is 9.90. The Balaban J connectivity index is 1.92. The summed E-state index contributed by atoms with van der Waals surface area (Å²) in [5, 5.41) is 12.5. The molecule has 0 aliphatic carbocycles. The number of alkyl halides is 3. The molecular weight excluding hydrogens is 401 g/mol. The molecular formula is C21H23F3N2O2S. The lowest BCUT2D eigenvalue weighted by Gasteiger charge is -2.26. The van der Waals surface area contributed by atoms with Crippen molar-refractivity contribution < 1.29 is 23.1 Å². The van der Waals surface area contributed by atoms with Crippen LogP contribution in [0.15, 0.2) is 41.3 Å². The zero-order chi connectivity index (χ0) is 21.0. The summed E-state index contributed by atoms with van der Waals surface area (Å²) < 4.78 is 42.8. The second-order valence-corrected chi connectivity index (χ2v) is 7.88. The van der Waals surface area contributed by atoms with Crippen LogP contribution in [0.5, 0.6) is 0 Å². The number of nitrogens with one attached hydrogen (secondary N) is 2. The average molecular weight is 424 g/mol. The van der Waals surface area contributed by atoms with Crippen molar-refractivity contribution in [2.24, 2.45) is 0 Å². The van der Waals surface area contributed by atoms with Crippen LogP contribution in [-0.4, -0.2) is 24.2 Å². The number of hydrogen-bond donors (Lipinski definition) is 3. The molecule has 8 heteroatoms. The summed E-state index contributed by atoms with van der Waals surface area (Å²) in [6.07, 6.45) is -1.86. The van der Waals surface area contributed by atoms with E-state index in [9.17, 15) is 23.1 Å². The quantitative estimate of drug-likeness (QED) is 0.531. The zero-order valence-corrected chi connectivity index (χ0v) is 16.8. The van der Waals surface area contributed by atoms with E-state index in [1.54, 1.807) is 18.2 Å². The van der Waals surface area contributed by atoms with Gasteiger partial charge in [0, 0.05) is 17.1 Å². The van der Waals surface area contributed by atoms with E-state index in [1.165, 1.54) is 6.07 Å². The number of benzene rings is 2. The Bertz CT molecular complexity index is 881. The molecule has 3 N–H and O–H groups in total. The van der Waals surface area contributed by atoms with Crippen LogP contribution in [0.25, 0.3) is 0 Å². The Morgan fingerprint density at radius 3 is 2.69 bits per heavy atom. The normalized spacial score (nSPS) is 17.2. The van der Waals surface area contributed by atoms with Gasteiger partial charge >= 0.3 is 12.1 Å². The van der Waals surface area contributed by atoms with Gasteiger partial charge in [-0.25, -0.2) is 4.79 Å². The monoisotopic (exact) mass is 424 g/mol. The largest absolute Gasteiger partial charge is 0.478 e. The molecule has 0 radical (unpaired) electrons. The van der Waals surface area contributed by atoms with Gasteiger partial charge in [-0.1, -0.05) is 19.1 Å². The Morgan fingerprint density at radius 1 is 1.28 bits per heavy atom. The van der Waals surface area contributed by atoms with Gasteiger partial charge in [0.2, 0.25) is 0 Å². The van der Waals surface area contributed by atoms with Crippen molar-refractivity contribution in [2.75, 3.05) is 17.8 Å². The highest BCUT2D eigenvalue weighted by Gasteiger charge is 2.32. The molecule has 0 saturated carbocycles. The van der Waals surface area contributed by atoms with E-state index in [0.29, 0.717) is 17.0 Å². The van der Waals surface area contributed by atoms with Crippen LogP contribution < -0.4 is 10.0 Å². The maximum atomic E-state index is 13.3. The third-order valence-corrected chi connectivity index (χ3v) is 6.01. The minimum atomic E-state index is -4.43. The first kappa shape index (κ1) is 21.5. The number of carboxylic acids is 1. The Labute approximate surface area is 172 Å². The number of piperidine rings is 1. The molecule has 1 heterocycles. The van der Waals surface area contributed by atoms with Gasteiger partial charge in [-0.3, -0.25) is 0 Å². The summed E-state index contributed by atoms with van der Waals surface area (Å²) in [5.74, 6) is -0.910. The highest BCUT2D eigenvalue weighted by atomic mass is 32.2. The van der Waals surface area contributed by atoms with Crippen LogP contribution in [0, 0.1) is 0 Å². The SMILES string of the molecule is CCc1ccc(C(=O)O)cc1SNc1cc(C(F)(F)F)ccc1C1CCCNC1. The van der Waals surface area contributed by atoms with Gasteiger partial charge in [0.25, 0.3) is 0 Å². The van der Waals surface area contributed by atoms with Crippen LogP contribution >= 0.6 is 11.9 Å². The van der Waals surface area contributed by atoms with Gasteiger partial charge in [-0.15, -0.1) is 0 Å². The van der Waals surface area contributed by atoms with Crippen LogP contribution in [0.1, 0.15) is 52.7 Å². The third-order valence-electron chi connectivity index (χ3n) is 5.08. The molecule has 29 heavy (non-hydrogen) atoms. The van der Waals surface area contributed by atoms with Gasteiger partial charge in [-0.2, -0.15) is 13.2 Å². The summed E-state index contributed by atoms with van der Waals surface area (Å²) in [6.45, 7) is 3.58. The van der Waals surface area contributed by atoms with E-state index < -0.39 is 17.7 Å². The smallest absolute Gasteiger partial charge is 0.416 e. The number of hydrogen-bond acceptors (Lipinski definition) is 4. The molecule has 156 valence electrons. The predicted molar refractivity (Wildman–Crippen MR) is 109 cm³/mol. The summed E-state index contributed by atoms with van der Waals surface area (Å²) in [5.41, 5.74) is 1.63. The van der Waals surface area contributed by atoms with Crippen molar-refractivity contribution >= 4 is 23.6 Å². The number of aromatic carboxylic acids is 1. The molecule has 1 fully saturated rings. The fraction of sp³-hybridized carbons (Fsp3) is 0.381. The van der Waals surface area contributed by atoms with Gasteiger partial charge in [-0.05, 0) is 79.1 Å². The Kier molecular flexibility index (Phi) is 6.74. The van der Waals surface area contributed by atoms with Gasteiger partial charge < -0.3 is 15.1 Å². The molecule has 2 aromatic carbocycles. The summed E-state index contributed by atoms with van der Waals surface area (Å²) in [7, 11) is 0. The Hall–Kier alpha value is -2.19. The van der Waals surface area contributed by atoms with E-state index in [4.69, 9.17) is 0 Å². The molecule has 3 rings (SSSR count). The lowest BCUT2D eigenvalue weighted by Crippen LogP contribution is -2.28. The molecule has 1 unspecified atom stereocenters. The highest BCUT2D eigenvalue weighted by molar-refractivity contribution is 8.00. The van der Waals surface area contributed by atoms with E-state index in [1.807, 2.05) is 6.92 Å². The second-order valence-electron chi connectivity index (χ2n) is 7.03. The molecule has 1 aliphatic rings. The number of rotatable bonds is 6. The summed E-state index contributed by atoms with van der Waals surface area (Å²) in [6, 6.07) is 8.65. The fourth-order valence-corrected chi connectivity index (χ4v) is 4.40. The van der Waals surface area contributed by atoms with Crippen LogP contribution in [0.4, 0.5) is 18.9 Å². The highest BCUT2D eigenvalue weighted by Crippen LogP contribution is 2.38. The fourth-order valence-electron chi connectivity index (χ4n) is 3.48. The minimum Gasteiger partial charge on any atom is -0.478 e. The minimum absolute atomic E-state index is 0.130. The van der Waals surface area contributed by atoms with Crippen LogP contribution in [-0.2, 0) is 12.6 Å². The standard InChI is InChI=1S/C21H23F3N2O2S/c1-2-13-5-6-14(20(27)28)10-19(13)29-26-18-11-16(21(22,23)24)7-8-17(18)15-4-3-9-25-12-15/h5-8,10-11,15,25-26H,2-4,9,12H2,1H3,(H,27,28). The maximum absolute atomic E-state index is 13.3. The van der Waals surface area contributed by atoms with Crippen molar-refractivity contribution in [2.45, 2.75) is 43.2 Å². The molecule has 1 atom stereocenters. The van der Waals surface area contributed by atoms with E-state index in [0.717, 1.165) is 61.1 Å². The number of carboxylic acid groups (broad SMARTS) is 1. The number of anilines is 1. The molecule has 0 spiro atoms. The van der Waals surface area contributed by atoms with Crippen LogP contribution in [0.2, 0.25) is 0 Å². The zero-order valence-electron chi connectivity index (χ0n) is 16.0. The first-order chi connectivity index (χ1) is 13.8. The van der Waals surface area contributed by atoms with Crippen molar-refractivity contribution in [3.8, 4) is 0 Å². The average Bonchev–Trinajstić information content (AvgIpc) is 2.71. The molecule has 2 aromatic rings. The van der Waals surface area contributed by atoms with E-state index in [-0.39, 0.29) is 11.5 Å². The topological polar surface area (TPSA) is 61.4 Å². The second kappa shape index (κ2) is 9.09. The van der Waals surface area contributed by atoms with Gasteiger partial charge in [0.05, 0.1) is 11.1 Å². The number of halogens is 3. The van der Waals surface area contributed by atoms with Crippen molar-refractivity contribution in [3.05, 3.63) is 58.7 Å². The van der Waals surface area contributed by atoms with Gasteiger partial charge in [0.15, 0.2) is 0 Å². The van der Waals surface area contributed by atoms with Crippen LogP contribution in [0.3, 0.4) is 0 Å².